The second-order valence-corrected chi connectivity index (χ2v) is 12.4. The number of carbonyl (C=O) groups is 2. The van der Waals surface area contributed by atoms with Crippen molar-refractivity contribution in [3.63, 3.8) is 0 Å². The Balaban J connectivity index is 1.96. The van der Waals surface area contributed by atoms with Gasteiger partial charge in [-0.25, -0.2) is 9.78 Å². The Bertz CT molecular complexity index is 1390. The van der Waals surface area contributed by atoms with E-state index in [1.807, 2.05) is 68.1 Å². The number of aromatic nitrogens is 1. The average Bonchev–Trinajstić information content (AvgIpc) is 3.37. The normalized spacial score (nSPS) is 14.1. The lowest BCUT2D eigenvalue weighted by atomic mass is 9.73. The Labute approximate surface area is 239 Å². The third-order valence-corrected chi connectivity index (χ3v) is 7.78. The molecular weight excluding hydrogens is 552 g/mol. The summed E-state index contributed by atoms with van der Waals surface area (Å²) in [5.74, 6) is -0.921. The summed E-state index contributed by atoms with van der Waals surface area (Å²) in [6, 6.07) is 15.4. The number of rotatable bonds is 11. The van der Waals surface area contributed by atoms with Gasteiger partial charge in [-0.1, -0.05) is 70.2 Å². The fraction of sp³-hybridized carbons (Fsp3) is 0.393. The zero-order valence-corrected chi connectivity index (χ0v) is 24.8. The highest BCUT2D eigenvalue weighted by atomic mass is 32.2. The molecule has 0 aliphatic heterocycles. The Kier molecular flexibility index (Phi) is 10.3. The van der Waals surface area contributed by atoms with Crippen molar-refractivity contribution < 1.29 is 27.3 Å². The standard InChI is InChI=1S/C28H36N4O6S2/c1-6-20-17-39-26(30-20)22(16-18-12-14-21(15-13-18)32-40(35,36)37)31-25(33)24(38-27(34)29-5)23(28(2,3)4)19-10-8-7-9-11-19/h7-15,17,22-24,32H,6,16H2,1-5H3,(H,29,34)(H,31,33)(H,35,36,37)/t22-,23?,24-/m0/s1. The van der Waals surface area contributed by atoms with E-state index in [-0.39, 0.29) is 5.69 Å². The third kappa shape index (κ3) is 8.77. The van der Waals surface area contributed by atoms with Crippen LogP contribution in [0.25, 0.3) is 0 Å². The van der Waals surface area contributed by atoms with Crippen LogP contribution < -0.4 is 15.4 Å². The van der Waals surface area contributed by atoms with Crippen LogP contribution in [0.1, 0.15) is 61.5 Å². The van der Waals surface area contributed by atoms with Crippen LogP contribution in [0.2, 0.25) is 0 Å². The van der Waals surface area contributed by atoms with E-state index in [0.29, 0.717) is 11.4 Å². The molecule has 0 saturated carbocycles. The minimum Gasteiger partial charge on any atom is -0.435 e. The molecule has 1 unspecified atom stereocenters. The molecule has 2 aromatic carbocycles. The van der Waals surface area contributed by atoms with E-state index >= 15 is 0 Å². The minimum atomic E-state index is -4.40. The number of aryl methyl sites for hydroxylation is 1. The first-order chi connectivity index (χ1) is 18.8. The molecule has 216 valence electrons. The van der Waals surface area contributed by atoms with E-state index in [0.717, 1.165) is 23.2 Å². The van der Waals surface area contributed by atoms with Crippen LogP contribution in [-0.2, 0) is 32.7 Å². The Morgan fingerprint density at radius 1 is 1.07 bits per heavy atom. The van der Waals surface area contributed by atoms with Gasteiger partial charge in [-0.05, 0) is 41.5 Å². The Morgan fingerprint density at radius 2 is 1.73 bits per heavy atom. The van der Waals surface area contributed by atoms with Crippen molar-refractivity contribution in [2.24, 2.45) is 5.41 Å². The van der Waals surface area contributed by atoms with E-state index in [1.54, 1.807) is 12.1 Å². The zero-order chi connectivity index (χ0) is 29.5. The molecule has 3 rings (SSSR count). The topological polar surface area (TPSA) is 147 Å². The van der Waals surface area contributed by atoms with Gasteiger partial charge in [-0.15, -0.1) is 11.3 Å². The van der Waals surface area contributed by atoms with Crippen LogP contribution >= 0.6 is 11.3 Å². The lowest BCUT2D eigenvalue weighted by Crippen LogP contribution is -2.47. The van der Waals surface area contributed by atoms with E-state index < -0.39 is 45.8 Å². The number of anilines is 1. The summed E-state index contributed by atoms with van der Waals surface area (Å²) in [5.41, 5.74) is 2.30. The first-order valence-corrected chi connectivity index (χ1v) is 15.1. The van der Waals surface area contributed by atoms with Crippen LogP contribution in [0.3, 0.4) is 0 Å². The number of thiazole rings is 1. The molecule has 4 N–H and O–H groups in total. The van der Waals surface area contributed by atoms with Gasteiger partial charge < -0.3 is 15.4 Å². The van der Waals surface area contributed by atoms with Gasteiger partial charge in [0.1, 0.15) is 5.01 Å². The van der Waals surface area contributed by atoms with Gasteiger partial charge in [0.05, 0.1) is 17.4 Å². The van der Waals surface area contributed by atoms with Crippen molar-refractivity contribution in [3.05, 3.63) is 81.8 Å². The molecular formula is C28H36N4O6S2. The van der Waals surface area contributed by atoms with E-state index in [9.17, 15) is 18.0 Å². The number of hydrogen-bond acceptors (Lipinski definition) is 7. The first-order valence-electron chi connectivity index (χ1n) is 12.8. The maximum absolute atomic E-state index is 14.0. The molecule has 0 bridgehead atoms. The van der Waals surface area contributed by atoms with Crippen molar-refractivity contribution in [1.29, 1.82) is 0 Å². The molecule has 3 aromatic rings. The molecule has 12 heteroatoms. The van der Waals surface area contributed by atoms with Crippen LogP contribution in [0.4, 0.5) is 10.5 Å². The van der Waals surface area contributed by atoms with Gasteiger partial charge in [-0.2, -0.15) is 8.42 Å². The van der Waals surface area contributed by atoms with Gasteiger partial charge in [0.25, 0.3) is 5.91 Å². The molecule has 3 atom stereocenters. The van der Waals surface area contributed by atoms with Crippen LogP contribution in [0.5, 0.6) is 0 Å². The number of amides is 2. The molecule has 10 nitrogen and oxygen atoms in total. The molecule has 1 aromatic heterocycles. The van der Waals surface area contributed by atoms with Crippen LogP contribution in [0, 0.1) is 5.41 Å². The number of alkyl carbamates (subject to hydrolysis) is 1. The monoisotopic (exact) mass is 588 g/mol. The van der Waals surface area contributed by atoms with Crippen molar-refractivity contribution in [2.45, 2.75) is 58.6 Å². The van der Waals surface area contributed by atoms with Gasteiger partial charge in [0.15, 0.2) is 6.10 Å². The summed E-state index contributed by atoms with van der Waals surface area (Å²) in [6.07, 6.45) is -0.786. The second-order valence-electron chi connectivity index (χ2n) is 10.4. The molecule has 0 aliphatic carbocycles. The maximum Gasteiger partial charge on any atom is 0.407 e. The summed E-state index contributed by atoms with van der Waals surface area (Å²) in [4.78, 5) is 31.1. The smallest absolute Gasteiger partial charge is 0.407 e. The van der Waals surface area contributed by atoms with E-state index in [2.05, 4.69) is 10.6 Å². The second kappa shape index (κ2) is 13.2. The number of hydrogen-bond donors (Lipinski definition) is 4. The molecule has 0 aliphatic rings. The molecule has 40 heavy (non-hydrogen) atoms. The lowest BCUT2D eigenvalue weighted by molar-refractivity contribution is -0.133. The summed E-state index contributed by atoms with van der Waals surface area (Å²) in [7, 11) is -2.96. The van der Waals surface area contributed by atoms with Gasteiger partial charge in [0.2, 0.25) is 0 Å². The van der Waals surface area contributed by atoms with Gasteiger partial charge >= 0.3 is 16.4 Å². The zero-order valence-electron chi connectivity index (χ0n) is 23.2. The molecule has 0 radical (unpaired) electrons. The third-order valence-electron chi connectivity index (χ3n) is 6.28. The Morgan fingerprint density at radius 3 is 2.25 bits per heavy atom. The predicted molar refractivity (Wildman–Crippen MR) is 156 cm³/mol. The highest BCUT2D eigenvalue weighted by Gasteiger charge is 2.41. The lowest BCUT2D eigenvalue weighted by Gasteiger charge is -2.36. The number of nitrogens with zero attached hydrogens (tertiary/aromatic N) is 1. The molecule has 2 amide bonds. The van der Waals surface area contributed by atoms with Gasteiger partial charge in [0, 0.05) is 18.3 Å². The number of nitrogens with one attached hydrogen (secondary N) is 3. The quantitative estimate of drug-likeness (QED) is 0.234. The van der Waals surface area contributed by atoms with Crippen molar-refractivity contribution in [2.75, 3.05) is 11.8 Å². The number of carbonyl (C=O) groups excluding carboxylic acids is 2. The molecule has 1 heterocycles. The fourth-order valence-electron chi connectivity index (χ4n) is 4.43. The summed E-state index contributed by atoms with van der Waals surface area (Å²) < 4.78 is 39.0. The predicted octanol–water partition coefficient (Wildman–Crippen LogP) is 4.87. The summed E-state index contributed by atoms with van der Waals surface area (Å²) >= 11 is 1.42. The maximum atomic E-state index is 14.0. The van der Waals surface area contributed by atoms with Crippen molar-refractivity contribution in [1.82, 2.24) is 15.6 Å². The van der Waals surface area contributed by atoms with Crippen LogP contribution in [-0.4, -0.2) is 43.1 Å². The number of benzene rings is 2. The van der Waals surface area contributed by atoms with Gasteiger partial charge in [-0.3, -0.25) is 14.1 Å². The summed E-state index contributed by atoms with van der Waals surface area (Å²) in [5, 5.41) is 8.15. The largest absolute Gasteiger partial charge is 0.435 e. The fourth-order valence-corrected chi connectivity index (χ4v) is 5.82. The van der Waals surface area contributed by atoms with E-state index in [4.69, 9.17) is 14.3 Å². The number of ether oxygens (including phenoxy) is 1. The SMILES string of the molecule is CCc1csc([C@H](Cc2ccc(NS(=O)(=O)O)cc2)NC(=O)[C@@H](OC(=O)NC)C(c2ccccc2)C(C)(C)C)n1. The summed E-state index contributed by atoms with van der Waals surface area (Å²) in [6.45, 7) is 7.97. The van der Waals surface area contributed by atoms with E-state index in [1.165, 1.54) is 30.5 Å². The van der Waals surface area contributed by atoms with Crippen LogP contribution in [0.15, 0.2) is 60.0 Å². The average molecular weight is 589 g/mol. The first kappa shape index (κ1) is 31.1. The Hall–Kier alpha value is -3.48. The van der Waals surface area contributed by atoms with Crippen molar-refractivity contribution >= 4 is 39.3 Å². The molecule has 0 fully saturated rings. The van der Waals surface area contributed by atoms with Crippen molar-refractivity contribution in [3.8, 4) is 0 Å². The molecule has 0 spiro atoms. The minimum absolute atomic E-state index is 0.198. The highest BCUT2D eigenvalue weighted by molar-refractivity contribution is 7.87. The molecule has 0 saturated heterocycles. The highest BCUT2D eigenvalue weighted by Crippen LogP contribution is 2.39.